The van der Waals surface area contributed by atoms with E-state index in [2.05, 4.69) is 11.9 Å². The number of hydrogen-bond donors (Lipinski definition) is 3. The van der Waals surface area contributed by atoms with E-state index in [4.69, 9.17) is 16.2 Å². The maximum atomic E-state index is 12.5. The fourth-order valence-electron chi connectivity index (χ4n) is 4.53. The van der Waals surface area contributed by atoms with E-state index in [1.165, 1.54) is 0 Å². The maximum absolute atomic E-state index is 12.5. The number of nitrogens with zero attached hydrogens (tertiary/aromatic N) is 2. The van der Waals surface area contributed by atoms with Gasteiger partial charge in [-0.3, -0.25) is 4.79 Å². The minimum atomic E-state index is -0.235. The van der Waals surface area contributed by atoms with Crippen molar-refractivity contribution in [3.8, 4) is 11.5 Å². The topological polar surface area (TPSA) is 114 Å². The van der Waals surface area contributed by atoms with Gasteiger partial charge in [-0.05, 0) is 100 Å². The third-order valence-corrected chi connectivity index (χ3v) is 6.99. The molecule has 1 aliphatic rings. The first-order valence-electron chi connectivity index (χ1n) is 12.1. The molecule has 35 heavy (non-hydrogen) atoms. The number of phenols is 1. The van der Waals surface area contributed by atoms with Crippen LogP contribution in [0.1, 0.15) is 60.4 Å². The molecule has 7 heteroatoms. The number of rotatable bonds is 8. The molecule has 1 aliphatic heterocycles. The number of amides is 1. The highest BCUT2D eigenvalue weighted by molar-refractivity contribution is 5.91. The largest absolute Gasteiger partial charge is 0.507 e. The monoisotopic (exact) mass is 478 g/mol. The number of unbranched alkanes of at least 4 members (excludes halogenated alkanes) is 1. The van der Waals surface area contributed by atoms with Crippen molar-refractivity contribution in [2.75, 3.05) is 13.6 Å². The summed E-state index contributed by atoms with van der Waals surface area (Å²) in [5.74, 6) is 1.31. The molecule has 1 amide bonds. The second kappa shape index (κ2) is 10.8. The highest BCUT2D eigenvalue weighted by Crippen LogP contribution is 2.44. The van der Waals surface area contributed by atoms with Crippen molar-refractivity contribution in [3.63, 3.8) is 0 Å². The number of carbonyl (C=O) groups excluding carboxylic acids is 1. The Bertz CT molecular complexity index is 1130. The number of nitrogens with two attached hydrogens (primary N) is 2. The molecule has 0 radical (unpaired) electrons. The second-order valence-electron chi connectivity index (χ2n) is 9.76. The molecule has 1 unspecified atom stereocenters. The molecule has 2 aromatic rings. The maximum Gasteiger partial charge on any atom is 0.246 e. The predicted molar refractivity (Wildman–Crippen MR) is 142 cm³/mol. The number of benzene rings is 2. The van der Waals surface area contributed by atoms with Crippen LogP contribution in [0.15, 0.2) is 35.3 Å². The number of phenolic OH excluding ortho intramolecular Hbond substituents is 1. The van der Waals surface area contributed by atoms with Gasteiger partial charge in [-0.15, -0.1) is 0 Å². The lowest BCUT2D eigenvalue weighted by molar-refractivity contribution is -0.124. The Morgan fingerprint density at radius 1 is 1.14 bits per heavy atom. The molecule has 3 rings (SSSR count). The van der Waals surface area contributed by atoms with Gasteiger partial charge < -0.3 is 26.2 Å². The molecule has 1 atom stereocenters. The molecule has 0 aromatic heterocycles. The first kappa shape index (κ1) is 26.1. The Morgan fingerprint density at radius 2 is 1.83 bits per heavy atom. The van der Waals surface area contributed by atoms with Gasteiger partial charge in [0.25, 0.3) is 0 Å². The Morgan fingerprint density at radius 3 is 2.49 bits per heavy atom. The van der Waals surface area contributed by atoms with Crippen LogP contribution in [-0.4, -0.2) is 41.1 Å². The lowest BCUT2D eigenvalue weighted by Crippen LogP contribution is -2.37. The Balaban J connectivity index is 1.48. The smallest absolute Gasteiger partial charge is 0.246 e. The Labute approximate surface area is 208 Å². The van der Waals surface area contributed by atoms with Gasteiger partial charge in [0.05, 0.1) is 5.69 Å². The zero-order valence-corrected chi connectivity index (χ0v) is 21.5. The van der Waals surface area contributed by atoms with Crippen LogP contribution < -0.4 is 16.2 Å². The van der Waals surface area contributed by atoms with Crippen LogP contribution in [-0.2, 0) is 11.2 Å². The highest BCUT2D eigenvalue weighted by atomic mass is 16.5. The highest BCUT2D eigenvalue weighted by Gasteiger charge is 2.34. The van der Waals surface area contributed by atoms with Gasteiger partial charge in [-0.25, -0.2) is 4.99 Å². The summed E-state index contributed by atoms with van der Waals surface area (Å²) in [6.45, 7) is 8.78. The summed E-state index contributed by atoms with van der Waals surface area (Å²) in [4.78, 5) is 18.2. The molecule has 0 saturated heterocycles. The van der Waals surface area contributed by atoms with Crippen LogP contribution in [0.5, 0.6) is 11.5 Å². The average Bonchev–Trinajstić information content (AvgIpc) is 2.83. The first-order valence-corrected chi connectivity index (χ1v) is 12.1. The van der Waals surface area contributed by atoms with Crippen molar-refractivity contribution in [1.29, 1.82) is 0 Å². The molecule has 5 N–H and O–H groups in total. The van der Waals surface area contributed by atoms with E-state index in [1.807, 2.05) is 40.0 Å². The fraction of sp³-hybridized carbons (Fsp3) is 0.429. The zero-order chi connectivity index (χ0) is 25.8. The summed E-state index contributed by atoms with van der Waals surface area (Å²) in [6.07, 6.45) is 7.99. The van der Waals surface area contributed by atoms with Crippen LogP contribution in [0.2, 0.25) is 0 Å². The zero-order valence-electron chi connectivity index (χ0n) is 21.5. The average molecular weight is 479 g/mol. The van der Waals surface area contributed by atoms with Crippen molar-refractivity contribution in [2.24, 2.45) is 16.5 Å². The lowest BCUT2D eigenvalue weighted by atomic mass is 9.84. The predicted octanol–water partition coefficient (Wildman–Crippen LogP) is 4.65. The van der Waals surface area contributed by atoms with Crippen LogP contribution in [0, 0.1) is 20.8 Å². The third kappa shape index (κ3) is 6.35. The molecule has 188 valence electrons. The van der Waals surface area contributed by atoms with E-state index >= 15 is 0 Å². The van der Waals surface area contributed by atoms with Gasteiger partial charge in [-0.2, -0.15) is 0 Å². The fourth-order valence-corrected chi connectivity index (χ4v) is 4.53. The number of hydrogen-bond acceptors (Lipinski definition) is 4. The van der Waals surface area contributed by atoms with Gasteiger partial charge in [-0.1, -0.05) is 12.1 Å². The molecule has 0 bridgehead atoms. The second-order valence-corrected chi connectivity index (χ2v) is 9.76. The van der Waals surface area contributed by atoms with Gasteiger partial charge in [0, 0.05) is 25.2 Å². The van der Waals surface area contributed by atoms with Crippen LogP contribution in [0.25, 0.3) is 6.08 Å². The van der Waals surface area contributed by atoms with Gasteiger partial charge in [0.2, 0.25) is 5.91 Å². The summed E-state index contributed by atoms with van der Waals surface area (Å²) < 4.78 is 6.51. The summed E-state index contributed by atoms with van der Waals surface area (Å²) in [7, 11) is 1.82. The van der Waals surface area contributed by atoms with E-state index in [9.17, 15) is 9.90 Å². The summed E-state index contributed by atoms with van der Waals surface area (Å²) >= 11 is 0. The minimum absolute atomic E-state index is 0.0135. The first-order chi connectivity index (χ1) is 16.5. The Kier molecular flexibility index (Phi) is 8.10. The van der Waals surface area contributed by atoms with Crippen LogP contribution in [0.3, 0.4) is 0 Å². The molecule has 0 spiro atoms. The van der Waals surface area contributed by atoms with Crippen LogP contribution in [0.4, 0.5) is 5.69 Å². The van der Waals surface area contributed by atoms with E-state index in [0.29, 0.717) is 18.0 Å². The number of aromatic hydroxyl groups is 1. The number of fused-ring (bicyclic) bond motifs is 1. The normalized spacial score (nSPS) is 17.1. The van der Waals surface area contributed by atoms with Gasteiger partial charge >= 0.3 is 0 Å². The third-order valence-electron chi connectivity index (χ3n) is 6.99. The van der Waals surface area contributed by atoms with Crippen molar-refractivity contribution in [3.05, 3.63) is 58.2 Å². The summed E-state index contributed by atoms with van der Waals surface area (Å²) in [6, 6.07) is 7.32. The lowest BCUT2D eigenvalue weighted by Gasteiger charge is -2.38. The van der Waals surface area contributed by atoms with Crippen molar-refractivity contribution >= 4 is 23.6 Å². The quantitative estimate of drug-likeness (QED) is 0.221. The molecule has 0 fully saturated rings. The van der Waals surface area contributed by atoms with Crippen molar-refractivity contribution in [1.82, 2.24) is 4.90 Å². The number of guanidine groups is 1. The Hall–Kier alpha value is -3.48. The SMILES string of the molecule is Cc1c(C)c2c(c(C)c1O)CCC(C)(CCCCN(C)C(=O)C=Cc1ccc(N=C(N)N)cc1)O2. The molecule has 0 saturated carbocycles. The van der Waals surface area contributed by atoms with Crippen molar-refractivity contribution in [2.45, 2.75) is 65.4 Å². The van der Waals surface area contributed by atoms with E-state index < -0.39 is 0 Å². The molecule has 7 nitrogen and oxygen atoms in total. The van der Waals surface area contributed by atoms with E-state index in [1.54, 1.807) is 29.2 Å². The molecule has 0 aliphatic carbocycles. The number of ether oxygens (including phenoxy) is 1. The minimum Gasteiger partial charge on any atom is -0.507 e. The number of carbonyl (C=O) groups is 1. The van der Waals surface area contributed by atoms with Gasteiger partial charge in [0.15, 0.2) is 5.96 Å². The molecular formula is C28H38N4O3. The number of aliphatic imine (C=N–C) groups is 1. The standard InChI is InChI=1S/C28H38N4O3/c1-18-19(2)26-23(20(3)25(18)34)14-16-28(4,35-26)15-6-7-17-32(5)24(33)13-10-21-8-11-22(12-9-21)31-27(29)30/h8-13,34H,6-7,14-17H2,1-5H3,(H4,29,30,31). The number of likely N-dealkylation sites (N-methyl/N-ethyl adjacent to an activating group) is 1. The van der Waals surface area contributed by atoms with E-state index in [-0.39, 0.29) is 17.5 Å². The van der Waals surface area contributed by atoms with Crippen LogP contribution >= 0.6 is 0 Å². The summed E-state index contributed by atoms with van der Waals surface area (Å²) in [5, 5.41) is 10.4. The molecule has 1 heterocycles. The van der Waals surface area contributed by atoms with Crippen molar-refractivity contribution < 1.29 is 14.6 Å². The van der Waals surface area contributed by atoms with Gasteiger partial charge in [0.1, 0.15) is 17.1 Å². The van der Waals surface area contributed by atoms with E-state index in [0.717, 1.165) is 65.7 Å². The molecular weight excluding hydrogens is 440 g/mol. The molecule has 2 aromatic carbocycles. The summed E-state index contributed by atoms with van der Waals surface area (Å²) in [5.41, 5.74) is 16.1.